The van der Waals surface area contributed by atoms with Gasteiger partial charge in [0, 0.05) is 5.56 Å². The van der Waals surface area contributed by atoms with Gasteiger partial charge >= 0.3 is 6.09 Å². The highest BCUT2D eigenvalue weighted by Crippen LogP contribution is 2.24. The van der Waals surface area contributed by atoms with Crippen LogP contribution in [0, 0.1) is 18.6 Å². The molecule has 2 rings (SSSR count). The fraction of sp³-hybridized carbons (Fsp3) is 0.188. The largest absolute Gasteiger partial charge is 0.486 e. The molecule has 4 nitrogen and oxygen atoms in total. The zero-order valence-electron chi connectivity index (χ0n) is 12.2. The molecule has 1 N–H and O–H groups in total. The molecule has 0 bridgehead atoms. The SMILES string of the molecule is COC(=O)Nc1cccc(F)c1COc1ccc(C)cc1F. The van der Waals surface area contributed by atoms with Crippen LogP contribution in [0.15, 0.2) is 36.4 Å². The predicted octanol–water partition coefficient (Wildman–Crippen LogP) is 4.03. The first-order valence-electron chi connectivity index (χ1n) is 6.52. The minimum atomic E-state index is -0.728. The van der Waals surface area contributed by atoms with Crippen LogP contribution in [-0.4, -0.2) is 13.2 Å². The Morgan fingerprint density at radius 1 is 1.18 bits per heavy atom. The molecule has 2 aromatic carbocycles. The first-order chi connectivity index (χ1) is 10.5. The van der Waals surface area contributed by atoms with Crippen LogP contribution in [0.5, 0.6) is 5.75 Å². The van der Waals surface area contributed by atoms with Crippen molar-refractivity contribution in [1.29, 1.82) is 0 Å². The van der Waals surface area contributed by atoms with Crippen molar-refractivity contribution >= 4 is 11.8 Å². The summed E-state index contributed by atoms with van der Waals surface area (Å²) in [4.78, 5) is 11.3. The summed E-state index contributed by atoms with van der Waals surface area (Å²) in [5.74, 6) is -1.09. The molecule has 0 atom stereocenters. The van der Waals surface area contributed by atoms with Gasteiger partial charge in [-0.1, -0.05) is 12.1 Å². The number of anilines is 1. The fourth-order valence-electron chi connectivity index (χ4n) is 1.86. The van der Waals surface area contributed by atoms with E-state index in [2.05, 4.69) is 10.1 Å². The maximum absolute atomic E-state index is 13.9. The van der Waals surface area contributed by atoms with Gasteiger partial charge in [0.15, 0.2) is 11.6 Å². The molecule has 0 aliphatic heterocycles. The van der Waals surface area contributed by atoms with Gasteiger partial charge in [-0.05, 0) is 36.8 Å². The van der Waals surface area contributed by atoms with Crippen molar-refractivity contribution in [3.63, 3.8) is 0 Å². The van der Waals surface area contributed by atoms with Crippen molar-refractivity contribution in [1.82, 2.24) is 0 Å². The average molecular weight is 307 g/mol. The molecule has 116 valence electrons. The standard InChI is InChI=1S/C16H15F2NO3/c1-10-6-7-15(13(18)8-10)22-9-11-12(17)4-3-5-14(11)19-16(20)21-2/h3-8H,9H2,1-2H3,(H,19,20). The maximum Gasteiger partial charge on any atom is 0.411 e. The minimum absolute atomic E-state index is 0.0119. The lowest BCUT2D eigenvalue weighted by molar-refractivity contribution is 0.187. The van der Waals surface area contributed by atoms with E-state index in [1.54, 1.807) is 13.0 Å². The number of methoxy groups -OCH3 is 1. The van der Waals surface area contributed by atoms with Crippen LogP contribution in [0.2, 0.25) is 0 Å². The summed E-state index contributed by atoms with van der Waals surface area (Å²) >= 11 is 0. The second-order valence-corrected chi connectivity index (χ2v) is 4.61. The molecule has 1 amide bonds. The summed E-state index contributed by atoms with van der Waals surface area (Å²) < 4.78 is 37.4. The van der Waals surface area contributed by atoms with Crippen LogP contribution in [0.1, 0.15) is 11.1 Å². The Balaban J connectivity index is 2.19. The van der Waals surface area contributed by atoms with E-state index >= 15 is 0 Å². The van der Waals surface area contributed by atoms with Gasteiger partial charge in [0.2, 0.25) is 0 Å². The minimum Gasteiger partial charge on any atom is -0.486 e. The van der Waals surface area contributed by atoms with E-state index in [1.807, 2.05) is 0 Å². The number of benzene rings is 2. The molecule has 0 aliphatic rings. The Morgan fingerprint density at radius 3 is 2.64 bits per heavy atom. The van der Waals surface area contributed by atoms with Gasteiger partial charge < -0.3 is 9.47 Å². The van der Waals surface area contributed by atoms with E-state index < -0.39 is 17.7 Å². The van der Waals surface area contributed by atoms with Crippen molar-refractivity contribution in [3.05, 3.63) is 59.2 Å². The highest BCUT2D eigenvalue weighted by molar-refractivity contribution is 5.85. The van der Waals surface area contributed by atoms with Crippen molar-refractivity contribution in [2.45, 2.75) is 13.5 Å². The van der Waals surface area contributed by atoms with Gasteiger partial charge in [-0.25, -0.2) is 13.6 Å². The predicted molar refractivity (Wildman–Crippen MR) is 77.9 cm³/mol. The lowest BCUT2D eigenvalue weighted by Crippen LogP contribution is -2.14. The quantitative estimate of drug-likeness (QED) is 0.927. The number of nitrogens with one attached hydrogen (secondary N) is 1. The Hall–Kier alpha value is -2.63. The van der Waals surface area contributed by atoms with Crippen molar-refractivity contribution < 1.29 is 23.0 Å². The number of ether oxygens (including phenoxy) is 2. The average Bonchev–Trinajstić information content (AvgIpc) is 2.48. The highest BCUT2D eigenvalue weighted by Gasteiger charge is 2.13. The molecule has 0 saturated carbocycles. The maximum atomic E-state index is 13.9. The van der Waals surface area contributed by atoms with Crippen LogP contribution < -0.4 is 10.1 Å². The van der Waals surface area contributed by atoms with Gasteiger partial charge in [0.25, 0.3) is 0 Å². The van der Waals surface area contributed by atoms with Gasteiger partial charge in [0.05, 0.1) is 12.8 Å². The fourth-order valence-corrected chi connectivity index (χ4v) is 1.86. The van der Waals surface area contributed by atoms with E-state index in [0.29, 0.717) is 0 Å². The summed E-state index contributed by atoms with van der Waals surface area (Å²) in [5.41, 5.74) is 1.07. The monoisotopic (exact) mass is 307 g/mol. The summed E-state index contributed by atoms with van der Waals surface area (Å²) in [6.07, 6.45) is -0.728. The molecule has 6 heteroatoms. The number of hydrogen-bond donors (Lipinski definition) is 1. The van der Waals surface area contributed by atoms with Crippen LogP contribution in [-0.2, 0) is 11.3 Å². The Bertz CT molecular complexity index is 689. The van der Waals surface area contributed by atoms with Crippen LogP contribution in [0.3, 0.4) is 0 Å². The van der Waals surface area contributed by atoms with E-state index in [-0.39, 0.29) is 23.6 Å². The summed E-state index contributed by atoms with van der Waals surface area (Å²) in [7, 11) is 1.20. The number of halogens is 2. The lowest BCUT2D eigenvalue weighted by Gasteiger charge is -2.13. The van der Waals surface area contributed by atoms with E-state index in [4.69, 9.17) is 4.74 Å². The van der Waals surface area contributed by atoms with Gasteiger partial charge in [-0.2, -0.15) is 0 Å². The zero-order chi connectivity index (χ0) is 16.1. The van der Waals surface area contributed by atoms with Crippen LogP contribution in [0.25, 0.3) is 0 Å². The summed E-state index contributed by atoms with van der Waals surface area (Å²) in [6.45, 7) is 1.52. The number of amides is 1. The second kappa shape index (κ2) is 6.89. The summed E-state index contributed by atoms with van der Waals surface area (Å²) in [5, 5.41) is 2.39. The smallest absolute Gasteiger partial charge is 0.411 e. The normalized spacial score (nSPS) is 10.2. The third-order valence-electron chi connectivity index (χ3n) is 3.00. The number of carbonyl (C=O) groups is 1. The van der Waals surface area contributed by atoms with E-state index in [1.165, 1.54) is 37.4 Å². The van der Waals surface area contributed by atoms with Crippen molar-refractivity contribution in [2.75, 3.05) is 12.4 Å². The van der Waals surface area contributed by atoms with Gasteiger partial charge in [0.1, 0.15) is 12.4 Å². The molecule has 0 aliphatic carbocycles. The van der Waals surface area contributed by atoms with E-state index in [9.17, 15) is 13.6 Å². The molecule has 0 fully saturated rings. The number of hydrogen-bond acceptors (Lipinski definition) is 3. The third-order valence-corrected chi connectivity index (χ3v) is 3.00. The van der Waals surface area contributed by atoms with Gasteiger partial charge in [-0.15, -0.1) is 0 Å². The highest BCUT2D eigenvalue weighted by atomic mass is 19.1. The van der Waals surface area contributed by atoms with E-state index in [0.717, 1.165) is 5.56 Å². The van der Waals surface area contributed by atoms with Crippen LogP contribution in [0.4, 0.5) is 19.3 Å². The molecular formula is C16H15F2NO3. The Morgan fingerprint density at radius 2 is 1.95 bits per heavy atom. The molecule has 0 aromatic heterocycles. The molecule has 0 heterocycles. The summed E-state index contributed by atoms with van der Waals surface area (Å²) in [6, 6.07) is 8.66. The molecule has 22 heavy (non-hydrogen) atoms. The first-order valence-corrected chi connectivity index (χ1v) is 6.52. The second-order valence-electron chi connectivity index (χ2n) is 4.61. The Labute approximate surface area is 126 Å². The molecule has 0 saturated heterocycles. The third kappa shape index (κ3) is 3.72. The lowest BCUT2D eigenvalue weighted by atomic mass is 10.1. The molecule has 0 radical (unpaired) electrons. The zero-order valence-corrected chi connectivity index (χ0v) is 12.2. The number of carbonyl (C=O) groups excluding carboxylic acids is 1. The Kier molecular flexibility index (Phi) is 4.93. The van der Waals surface area contributed by atoms with Gasteiger partial charge in [-0.3, -0.25) is 5.32 Å². The molecule has 0 unspecified atom stereocenters. The van der Waals surface area contributed by atoms with Crippen molar-refractivity contribution in [3.8, 4) is 5.75 Å². The topological polar surface area (TPSA) is 47.6 Å². The number of aryl methyl sites for hydroxylation is 1. The molecule has 2 aromatic rings. The van der Waals surface area contributed by atoms with Crippen molar-refractivity contribution in [2.24, 2.45) is 0 Å². The first kappa shape index (κ1) is 15.8. The molecular weight excluding hydrogens is 292 g/mol. The van der Waals surface area contributed by atoms with Crippen LogP contribution >= 0.6 is 0 Å². The molecule has 0 spiro atoms. The number of rotatable bonds is 4.